The van der Waals surface area contributed by atoms with Crippen molar-refractivity contribution in [1.82, 2.24) is 0 Å². The van der Waals surface area contributed by atoms with Gasteiger partial charge in [0.25, 0.3) is 0 Å². The van der Waals surface area contributed by atoms with Crippen LogP contribution in [0.1, 0.15) is 0 Å². The van der Waals surface area contributed by atoms with E-state index >= 15 is 0 Å². The fourth-order valence-corrected chi connectivity index (χ4v) is 10.1. The lowest BCUT2D eigenvalue weighted by atomic mass is 10.4. The molecule has 0 atom stereocenters. The van der Waals surface area contributed by atoms with Crippen molar-refractivity contribution < 1.29 is 0 Å². The third-order valence-electron chi connectivity index (χ3n) is 3.06. The van der Waals surface area contributed by atoms with Crippen molar-refractivity contribution in [2.75, 3.05) is 0 Å². The second kappa shape index (κ2) is 5.78. The minimum Gasteiger partial charge on any atom is -0.143 e. The highest BCUT2D eigenvalue weighted by Gasteiger charge is 2.25. The Kier molecular flexibility index (Phi) is 4.95. The van der Waals surface area contributed by atoms with Crippen LogP contribution in [0.4, 0.5) is 0 Å². The first-order valence-corrected chi connectivity index (χ1v) is 16.8. The molecule has 20 heavy (non-hydrogen) atoms. The van der Waals surface area contributed by atoms with Gasteiger partial charge in [-0.3, -0.25) is 0 Å². The van der Waals surface area contributed by atoms with Gasteiger partial charge in [0, 0.05) is 8.95 Å². The molecule has 0 spiro atoms. The quantitative estimate of drug-likeness (QED) is 0.478. The van der Waals surface area contributed by atoms with Crippen molar-refractivity contribution in [2.45, 2.75) is 39.3 Å². The predicted molar refractivity (Wildman–Crippen MR) is 109 cm³/mol. The minimum absolute atomic E-state index is 1.24. The summed E-state index contributed by atoms with van der Waals surface area (Å²) >= 11 is 11.5. The lowest BCUT2D eigenvalue weighted by Gasteiger charge is -2.12. The summed E-state index contributed by atoms with van der Waals surface area (Å²) in [5, 5.41) is 0. The summed E-state index contributed by atoms with van der Waals surface area (Å²) in [6.45, 7) is 14.5. The number of thiophene rings is 2. The van der Waals surface area contributed by atoms with E-state index in [1.807, 2.05) is 22.7 Å². The molecule has 2 aromatic heterocycles. The summed E-state index contributed by atoms with van der Waals surface area (Å²) in [7, 11) is -2.47. The van der Waals surface area contributed by atoms with Gasteiger partial charge in [0.1, 0.15) is 0 Å². The molecule has 110 valence electrons. The number of halogens is 2. The first-order valence-electron chi connectivity index (χ1n) is 6.60. The topological polar surface area (TPSA) is 0 Å². The molecule has 6 heteroatoms. The zero-order valence-corrected chi connectivity index (χ0v) is 19.5. The molecule has 0 bridgehead atoms. The summed E-state index contributed by atoms with van der Waals surface area (Å²) in [4.78, 5) is 2.78. The van der Waals surface area contributed by atoms with Gasteiger partial charge in [-0.1, -0.05) is 39.3 Å². The minimum atomic E-state index is -1.24. The highest BCUT2D eigenvalue weighted by atomic mass is 79.9. The van der Waals surface area contributed by atoms with Crippen molar-refractivity contribution in [3.05, 3.63) is 21.1 Å². The largest absolute Gasteiger partial charge is 0.143 e. The molecule has 0 aromatic carbocycles. The molecule has 0 saturated carbocycles. The zero-order valence-electron chi connectivity index (χ0n) is 12.7. The Morgan fingerprint density at radius 1 is 0.700 bits per heavy atom. The average Bonchev–Trinajstić information content (AvgIpc) is 2.80. The van der Waals surface area contributed by atoms with Crippen LogP contribution in [0.3, 0.4) is 0 Å². The van der Waals surface area contributed by atoms with E-state index in [9.17, 15) is 0 Å². The standard InChI is InChI=1S/C14H20Br2S2Si2/c1-19(2,3)11-7-9(15)13(17-11)14-10(16)8-12(18-14)20(4,5)6/h7-8H,1-6H3. The summed E-state index contributed by atoms with van der Waals surface area (Å²) < 4.78 is 5.64. The Morgan fingerprint density at radius 2 is 1.00 bits per heavy atom. The maximum absolute atomic E-state index is 3.77. The van der Waals surface area contributed by atoms with Gasteiger partial charge >= 0.3 is 0 Å². The van der Waals surface area contributed by atoms with Gasteiger partial charge in [0.05, 0.1) is 25.9 Å². The van der Waals surface area contributed by atoms with E-state index in [2.05, 4.69) is 83.3 Å². The second-order valence-electron chi connectivity index (χ2n) is 7.08. The van der Waals surface area contributed by atoms with Gasteiger partial charge in [0.2, 0.25) is 0 Å². The van der Waals surface area contributed by atoms with Crippen LogP contribution in [0, 0.1) is 0 Å². The highest BCUT2D eigenvalue weighted by Crippen LogP contribution is 2.41. The van der Waals surface area contributed by atoms with Gasteiger partial charge < -0.3 is 0 Å². The van der Waals surface area contributed by atoms with E-state index in [0.29, 0.717) is 0 Å². The highest BCUT2D eigenvalue weighted by molar-refractivity contribution is 9.11. The first-order chi connectivity index (χ1) is 9.00. The van der Waals surface area contributed by atoms with Crippen molar-refractivity contribution in [3.8, 4) is 9.75 Å². The molecule has 0 aliphatic rings. The molecule has 2 rings (SSSR count). The molecule has 0 amide bonds. The van der Waals surface area contributed by atoms with E-state index < -0.39 is 16.1 Å². The Balaban J connectivity index is 2.53. The number of rotatable bonds is 3. The monoisotopic (exact) mass is 466 g/mol. The van der Waals surface area contributed by atoms with Crippen LogP contribution in [-0.4, -0.2) is 16.1 Å². The van der Waals surface area contributed by atoms with Crippen molar-refractivity contribution in [1.29, 1.82) is 0 Å². The van der Waals surface area contributed by atoms with Gasteiger partial charge in [0.15, 0.2) is 0 Å². The third kappa shape index (κ3) is 3.58. The molecule has 2 aromatic rings. The summed E-state index contributed by atoms with van der Waals surface area (Å²) in [6, 6.07) is 4.68. The van der Waals surface area contributed by atoms with Gasteiger partial charge in [-0.25, -0.2) is 0 Å². The first kappa shape index (κ1) is 17.2. The molecule has 0 radical (unpaired) electrons. The van der Waals surface area contributed by atoms with E-state index in [4.69, 9.17) is 0 Å². The van der Waals surface area contributed by atoms with Crippen LogP contribution in [-0.2, 0) is 0 Å². The summed E-state index contributed by atoms with van der Waals surface area (Å²) in [6.07, 6.45) is 0. The van der Waals surface area contributed by atoms with Crippen LogP contribution in [0.2, 0.25) is 39.3 Å². The lowest BCUT2D eigenvalue weighted by Crippen LogP contribution is -2.34. The Hall–Kier alpha value is 0.794. The third-order valence-corrected chi connectivity index (χ3v) is 14.4. The van der Waals surface area contributed by atoms with Crippen molar-refractivity contribution >= 4 is 79.7 Å². The zero-order chi connectivity index (χ0) is 15.3. The van der Waals surface area contributed by atoms with E-state index in [1.54, 1.807) is 9.00 Å². The maximum Gasteiger partial charge on any atom is 0.0904 e. The van der Waals surface area contributed by atoms with Crippen LogP contribution >= 0.6 is 54.5 Å². The van der Waals surface area contributed by atoms with Crippen LogP contribution < -0.4 is 9.00 Å². The average molecular weight is 468 g/mol. The van der Waals surface area contributed by atoms with E-state index in [0.717, 1.165) is 0 Å². The van der Waals surface area contributed by atoms with Gasteiger partial charge in [-0.05, 0) is 53.0 Å². The van der Waals surface area contributed by atoms with Gasteiger partial charge in [-0.2, -0.15) is 0 Å². The lowest BCUT2D eigenvalue weighted by molar-refractivity contribution is 1.76. The SMILES string of the molecule is C[Si](C)(C)c1cc(Br)c(-c2sc([Si](C)(C)C)cc2Br)s1. The smallest absolute Gasteiger partial charge is 0.0904 e. The van der Waals surface area contributed by atoms with Crippen molar-refractivity contribution in [2.24, 2.45) is 0 Å². The predicted octanol–water partition coefficient (Wildman–Crippen LogP) is 6.09. The van der Waals surface area contributed by atoms with Crippen molar-refractivity contribution in [3.63, 3.8) is 0 Å². The normalized spacial score (nSPS) is 13.0. The molecule has 0 nitrogen and oxygen atoms in total. The molecule has 0 aliphatic carbocycles. The number of hydrogen-bond donors (Lipinski definition) is 0. The van der Waals surface area contributed by atoms with Crippen LogP contribution in [0.5, 0.6) is 0 Å². The Bertz CT molecular complexity index is 574. The van der Waals surface area contributed by atoms with Gasteiger partial charge in [-0.15, -0.1) is 22.7 Å². The van der Waals surface area contributed by atoms with E-state index in [-0.39, 0.29) is 0 Å². The van der Waals surface area contributed by atoms with Crippen LogP contribution in [0.15, 0.2) is 21.1 Å². The fourth-order valence-electron chi connectivity index (χ4n) is 1.79. The van der Waals surface area contributed by atoms with E-state index in [1.165, 1.54) is 18.7 Å². The molecule has 0 N–H and O–H groups in total. The summed E-state index contributed by atoms with van der Waals surface area (Å²) in [5.74, 6) is 0. The number of hydrogen-bond acceptors (Lipinski definition) is 2. The Morgan fingerprint density at radius 3 is 1.20 bits per heavy atom. The fraction of sp³-hybridized carbons (Fsp3) is 0.429. The molecule has 0 aliphatic heterocycles. The maximum atomic E-state index is 3.77. The molecular formula is C14H20Br2S2Si2. The molecule has 0 fully saturated rings. The molecule has 2 heterocycles. The Labute approximate surface area is 148 Å². The summed E-state index contributed by atoms with van der Waals surface area (Å²) in [5.41, 5.74) is 0. The molecule has 0 unspecified atom stereocenters. The second-order valence-corrected chi connectivity index (χ2v) is 21.7. The molecule has 0 saturated heterocycles. The molecular weight excluding hydrogens is 448 g/mol. The van der Waals surface area contributed by atoms with Crippen LogP contribution in [0.25, 0.3) is 9.75 Å².